The molecule has 0 radical (unpaired) electrons. The summed E-state index contributed by atoms with van der Waals surface area (Å²) in [5, 5.41) is 4.27. The van der Waals surface area contributed by atoms with Crippen LogP contribution in [0.3, 0.4) is 0 Å². The molecule has 1 aromatic rings. The number of amides is 1. The molecule has 1 fully saturated rings. The van der Waals surface area contributed by atoms with Crippen LogP contribution in [0, 0.1) is 6.92 Å². The highest BCUT2D eigenvalue weighted by Gasteiger charge is 2.24. The fourth-order valence-corrected chi connectivity index (χ4v) is 2.79. The number of carbonyl (C=O) groups is 1. The van der Waals surface area contributed by atoms with Crippen LogP contribution in [0.15, 0.2) is 4.47 Å². The van der Waals surface area contributed by atoms with Crippen molar-refractivity contribution in [2.75, 3.05) is 13.1 Å². The van der Waals surface area contributed by atoms with Gasteiger partial charge >= 0.3 is 0 Å². The van der Waals surface area contributed by atoms with Crippen LogP contribution in [-0.2, 0) is 7.05 Å². The van der Waals surface area contributed by atoms with E-state index in [4.69, 9.17) is 0 Å². The van der Waals surface area contributed by atoms with Crippen LogP contribution in [0.4, 0.5) is 0 Å². The molecule has 0 bridgehead atoms. The van der Waals surface area contributed by atoms with E-state index in [2.05, 4.69) is 21.0 Å². The van der Waals surface area contributed by atoms with E-state index in [1.807, 2.05) is 18.9 Å². The van der Waals surface area contributed by atoms with Gasteiger partial charge in [0.05, 0.1) is 10.2 Å². The first-order chi connectivity index (χ1) is 8.11. The van der Waals surface area contributed by atoms with Crippen molar-refractivity contribution in [1.82, 2.24) is 14.7 Å². The molecule has 4 nitrogen and oxygen atoms in total. The van der Waals surface area contributed by atoms with Gasteiger partial charge in [-0.3, -0.25) is 9.48 Å². The summed E-state index contributed by atoms with van der Waals surface area (Å²) in [6.45, 7) is 3.65. The minimum Gasteiger partial charge on any atom is -0.337 e. The number of hydrogen-bond donors (Lipinski definition) is 0. The quantitative estimate of drug-likeness (QED) is 0.799. The maximum Gasteiger partial charge on any atom is 0.273 e. The second-order valence-corrected chi connectivity index (χ2v) is 5.37. The lowest BCUT2D eigenvalue weighted by atomic mass is 10.2. The summed E-state index contributed by atoms with van der Waals surface area (Å²) < 4.78 is 2.50. The topological polar surface area (TPSA) is 38.1 Å². The van der Waals surface area contributed by atoms with Crippen molar-refractivity contribution >= 4 is 21.8 Å². The van der Waals surface area contributed by atoms with E-state index in [0.717, 1.165) is 36.1 Å². The summed E-state index contributed by atoms with van der Waals surface area (Å²) in [4.78, 5) is 14.4. The van der Waals surface area contributed by atoms with Gasteiger partial charge < -0.3 is 4.90 Å². The molecule has 0 unspecified atom stereocenters. The van der Waals surface area contributed by atoms with Crippen molar-refractivity contribution in [3.8, 4) is 0 Å². The molecule has 1 amide bonds. The summed E-state index contributed by atoms with van der Waals surface area (Å²) in [5.74, 6) is 0.0990. The maximum absolute atomic E-state index is 12.4. The van der Waals surface area contributed by atoms with Crippen molar-refractivity contribution in [1.29, 1.82) is 0 Å². The number of likely N-dealkylation sites (tertiary alicyclic amines) is 1. The van der Waals surface area contributed by atoms with E-state index in [0.29, 0.717) is 5.69 Å². The SMILES string of the molecule is Cc1nn(C)c(C(=O)N2CCCCCC2)c1Br. The van der Waals surface area contributed by atoms with Gasteiger partial charge in [0.1, 0.15) is 5.69 Å². The van der Waals surface area contributed by atoms with Gasteiger partial charge in [-0.2, -0.15) is 5.10 Å². The summed E-state index contributed by atoms with van der Waals surface area (Å²) >= 11 is 3.46. The first-order valence-electron chi connectivity index (χ1n) is 6.09. The Kier molecular flexibility index (Phi) is 3.86. The molecule has 1 saturated heterocycles. The third kappa shape index (κ3) is 2.54. The normalized spacial score (nSPS) is 17.0. The van der Waals surface area contributed by atoms with Gasteiger partial charge in [-0.05, 0) is 35.7 Å². The zero-order valence-corrected chi connectivity index (χ0v) is 12.0. The Morgan fingerprint density at radius 3 is 2.29 bits per heavy atom. The summed E-state index contributed by atoms with van der Waals surface area (Å²) in [7, 11) is 1.82. The maximum atomic E-state index is 12.4. The Morgan fingerprint density at radius 1 is 1.24 bits per heavy atom. The lowest BCUT2D eigenvalue weighted by Crippen LogP contribution is -2.33. The van der Waals surface area contributed by atoms with Crippen LogP contribution in [0.1, 0.15) is 41.9 Å². The van der Waals surface area contributed by atoms with Crippen molar-refractivity contribution in [2.45, 2.75) is 32.6 Å². The minimum absolute atomic E-state index is 0.0990. The van der Waals surface area contributed by atoms with E-state index in [-0.39, 0.29) is 5.91 Å². The minimum atomic E-state index is 0.0990. The Bertz CT molecular complexity index is 420. The third-order valence-electron chi connectivity index (χ3n) is 3.25. The monoisotopic (exact) mass is 299 g/mol. The van der Waals surface area contributed by atoms with Gasteiger partial charge in [0.25, 0.3) is 5.91 Å². The van der Waals surface area contributed by atoms with Gasteiger partial charge in [-0.15, -0.1) is 0 Å². The number of nitrogens with zero attached hydrogens (tertiary/aromatic N) is 3. The van der Waals surface area contributed by atoms with E-state index in [1.165, 1.54) is 12.8 Å². The predicted molar refractivity (Wildman–Crippen MR) is 70.0 cm³/mol. The molecule has 5 heteroatoms. The van der Waals surface area contributed by atoms with Gasteiger partial charge in [0.15, 0.2) is 0 Å². The Balaban J connectivity index is 2.23. The van der Waals surface area contributed by atoms with Crippen LogP contribution >= 0.6 is 15.9 Å². The van der Waals surface area contributed by atoms with Crippen LogP contribution in [0.5, 0.6) is 0 Å². The Labute approximate surface area is 110 Å². The molecule has 1 aliphatic rings. The van der Waals surface area contributed by atoms with Crippen LogP contribution in [0.25, 0.3) is 0 Å². The molecule has 0 aliphatic carbocycles. The lowest BCUT2D eigenvalue weighted by molar-refractivity contribution is 0.0749. The molecule has 0 N–H and O–H groups in total. The zero-order valence-electron chi connectivity index (χ0n) is 10.4. The highest BCUT2D eigenvalue weighted by molar-refractivity contribution is 9.10. The summed E-state index contributed by atoms with van der Waals surface area (Å²) in [5.41, 5.74) is 1.54. The molecule has 1 aliphatic heterocycles. The molecule has 2 rings (SSSR count). The highest BCUT2D eigenvalue weighted by Crippen LogP contribution is 2.22. The molecule has 17 heavy (non-hydrogen) atoms. The summed E-state index contributed by atoms with van der Waals surface area (Å²) in [6, 6.07) is 0. The van der Waals surface area contributed by atoms with Crippen LogP contribution in [0.2, 0.25) is 0 Å². The van der Waals surface area contributed by atoms with Gasteiger partial charge in [-0.1, -0.05) is 12.8 Å². The molecule has 0 aromatic carbocycles. The molecule has 0 atom stereocenters. The Hall–Kier alpha value is -0.840. The fourth-order valence-electron chi connectivity index (χ4n) is 2.29. The van der Waals surface area contributed by atoms with Crippen molar-refractivity contribution in [3.63, 3.8) is 0 Å². The average Bonchev–Trinajstić information content (AvgIpc) is 2.52. The fraction of sp³-hybridized carbons (Fsp3) is 0.667. The molecule has 2 heterocycles. The van der Waals surface area contributed by atoms with E-state index < -0.39 is 0 Å². The van der Waals surface area contributed by atoms with Gasteiger partial charge in [0, 0.05) is 20.1 Å². The van der Waals surface area contributed by atoms with Crippen molar-refractivity contribution < 1.29 is 4.79 Å². The molecule has 1 aromatic heterocycles. The Morgan fingerprint density at radius 2 is 1.82 bits per heavy atom. The number of rotatable bonds is 1. The number of hydrogen-bond acceptors (Lipinski definition) is 2. The lowest BCUT2D eigenvalue weighted by Gasteiger charge is -2.20. The standard InChI is InChI=1S/C12H18BrN3O/c1-9-10(13)11(15(2)14-9)12(17)16-7-5-3-4-6-8-16/h3-8H2,1-2H3. The second-order valence-electron chi connectivity index (χ2n) is 4.58. The van der Waals surface area contributed by atoms with Gasteiger partial charge in [0.2, 0.25) is 0 Å². The molecule has 0 spiro atoms. The van der Waals surface area contributed by atoms with E-state index in [9.17, 15) is 4.79 Å². The first-order valence-corrected chi connectivity index (χ1v) is 6.89. The van der Waals surface area contributed by atoms with E-state index in [1.54, 1.807) is 4.68 Å². The first kappa shape index (κ1) is 12.6. The third-order valence-corrected chi connectivity index (χ3v) is 4.19. The molecule has 0 saturated carbocycles. The highest BCUT2D eigenvalue weighted by atomic mass is 79.9. The summed E-state index contributed by atoms with van der Waals surface area (Å²) in [6.07, 6.45) is 4.69. The molecule has 94 valence electrons. The smallest absolute Gasteiger partial charge is 0.273 e. The number of aromatic nitrogens is 2. The largest absolute Gasteiger partial charge is 0.337 e. The molecular formula is C12H18BrN3O. The van der Waals surface area contributed by atoms with Crippen molar-refractivity contribution in [2.24, 2.45) is 7.05 Å². The van der Waals surface area contributed by atoms with E-state index >= 15 is 0 Å². The number of aryl methyl sites for hydroxylation is 2. The number of carbonyl (C=O) groups excluding carboxylic acids is 1. The van der Waals surface area contributed by atoms with Gasteiger partial charge in [-0.25, -0.2) is 0 Å². The zero-order chi connectivity index (χ0) is 12.4. The predicted octanol–water partition coefficient (Wildman–Crippen LogP) is 2.51. The average molecular weight is 300 g/mol. The van der Waals surface area contributed by atoms with Crippen molar-refractivity contribution in [3.05, 3.63) is 15.9 Å². The molecular weight excluding hydrogens is 282 g/mol. The van der Waals surface area contributed by atoms with Crippen LogP contribution in [-0.4, -0.2) is 33.7 Å². The van der Waals surface area contributed by atoms with Crippen LogP contribution < -0.4 is 0 Å². The second kappa shape index (κ2) is 5.21. The number of halogens is 1.